The highest BCUT2D eigenvalue weighted by molar-refractivity contribution is 5.74. The van der Waals surface area contributed by atoms with Gasteiger partial charge in [0.1, 0.15) is 0 Å². The molecule has 0 aromatic heterocycles. The second-order valence-corrected chi connectivity index (χ2v) is 5.63. The summed E-state index contributed by atoms with van der Waals surface area (Å²) in [6, 6.07) is -0.120. The third-order valence-corrected chi connectivity index (χ3v) is 3.94. The number of carboxylic acid groups (broad SMARTS) is 1. The molecule has 21 heavy (non-hydrogen) atoms. The van der Waals surface area contributed by atoms with Crippen molar-refractivity contribution >= 4 is 12.0 Å². The number of ether oxygens (including phenoxy) is 1. The maximum atomic E-state index is 12.1. The van der Waals surface area contributed by atoms with Gasteiger partial charge in [0.15, 0.2) is 0 Å². The van der Waals surface area contributed by atoms with E-state index in [1.807, 2.05) is 0 Å². The molecule has 2 N–H and O–H groups in total. The van der Waals surface area contributed by atoms with Crippen molar-refractivity contribution in [3.8, 4) is 0 Å². The second-order valence-electron chi connectivity index (χ2n) is 5.63. The van der Waals surface area contributed by atoms with Crippen LogP contribution in [0.25, 0.3) is 0 Å². The van der Waals surface area contributed by atoms with Gasteiger partial charge in [0.25, 0.3) is 0 Å². The molecule has 2 aliphatic rings. The summed E-state index contributed by atoms with van der Waals surface area (Å²) in [5, 5.41) is 11.7. The molecule has 0 bridgehead atoms. The highest BCUT2D eigenvalue weighted by Gasteiger charge is 2.25. The number of allylic oxidation sites excluding steroid dienone is 1. The smallest absolute Gasteiger partial charge is 0.317 e. The third kappa shape index (κ3) is 5.38. The first-order chi connectivity index (χ1) is 10.1. The predicted molar refractivity (Wildman–Crippen MR) is 78.1 cm³/mol. The van der Waals surface area contributed by atoms with Crippen LogP contribution < -0.4 is 5.32 Å². The van der Waals surface area contributed by atoms with Gasteiger partial charge in [-0.05, 0) is 32.1 Å². The molecule has 0 aromatic carbocycles. The topological polar surface area (TPSA) is 78.9 Å². The van der Waals surface area contributed by atoms with Gasteiger partial charge in [-0.25, -0.2) is 4.79 Å². The summed E-state index contributed by atoms with van der Waals surface area (Å²) in [7, 11) is 0. The van der Waals surface area contributed by atoms with Gasteiger partial charge >= 0.3 is 12.0 Å². The van der Waals surface area contributed by atoms with E-state index < -0.39 is 12.1 Å². The van der Waals surface area contributed by atoms with E-state index in [0.717, 1.165) is 19.3 Å². The molecular formula is C15H24N2O4. The average Bonchev–Trinajstić information content (AvgIpc) is 2.48. The van der Waals surface area contributed by atoms with Gasteiger partial charge in [0.2, 0.25) is 0 Å². The molecule has 0 spiro atoms. The zero-order valence-electron chi connectivity index (χ0n) is 12.3. The van der Waals surface area contributed by atoms with E-state index >= 15 is 0 Å². The van der Waals surface area contributed by atoms with Crippen LogP contribution in [-0.2, 0) is 9.53 Å². The molecule has 0 radical (unpaired) electrons. The van der Waals surface area contributed by atoms with Gasteiger partial charge in [-0.3, -0.25) is 4.79 Å². The number of nitrogens with one attached hydrogen (secondary N) is 1. The first-order valence-electron chi connectivity index (χ1n) is 7.69. The molecule has 2 rings (SSSR count). The lowest BCUT2D eigenvalue weighted by Crippen LogP contribution is -2.50. The van der Waals surface area contributed by atoms with E-state index in [-0.39, 0.29) is 12.5 Å². The highest BCUT2D eigenvalue weighted by atomic mass is 16.5. The minimum atomic E-state index is -0.897. The summed E-state index contributed by atoms with van der Waals surface area (Å²) in [6.45, 7) is 1.91. The fraction of sp³-hybridized carbons (Fsp3) is 0.733. The molecular weight excluding hydrogens is 272 g/mol. The van der Waals surface area contributed by atoms with Crippen LogP contribution >= 0.6 is 0 Å². The van der Waals surface area contributed by atoms with Crippen molar-refractivity contribution in [2.75, 3.05) is 26.2 Å². The second kappa shape index (κ2) is 8.02. The minimum absolute atomic E-state index is 0.0589. The monoisotopic (exact) mass is 296 g/mol. The van der Waals surface area contributed by atoms with Crippen LogP contribution in [0.4, 0.5) is 4.79 Å². The standard InChI is InChI=1S/C15H24N2O4/c18-14(19)10-13-11-17(8-9-21-13)15(20)16-7-6-12-4-2-1-3-5-12/h4,13H,1-3,5-11H2,(H,16,20)(H,18,19). The van der Waals surface area contributed by atoms with Crippen LogP contribution in [0.1, 0.15) is 38.5 Å². The number of hydrogen-bond donors (Lipinski definition) is 2. The molecule has 1 unspecified atom stereocenters. The Labute approximate surface area is 125 Å². The van der Waals surface area contributed by atoms with Crippen LogP contribution in [-0.4, -0.2) is 54.4 Å². The Kier molecular flexibility index (Phi) is 6.04. The molecule has 2 amide bonds. The first kappa shape index (κ1) is 15.8. The van der Waals surface area contributed by atoms with Gasteiger partial charge in [-0.15, -0.1) is 0 Å². The lowest BCUT2D eigenvalue weighted by Gasteiger charge is -2.32. The molecule has 1 atom stereocenters. The van der Waals surface area contributed by atoms with Crippen molar-refractivity contribution in [2.45, 2.75) is 44.6 Å². The van der Waals surface area contributed by atoms with E-state index in [9.17, 15) is 9.59 Å². The molecule has 118 valence electrons. The Bertz CT molecular complexity index is 408. The normalized spacial score (nSPS) is 22.6. The van der Waals surface area contributed by atoms with Crippen LogP contribution in [0.5, 0.6) is 0 Å². The van der Waals surface area contributed by atoms with Gasteiger partial charge in [-0.2, -0.15) is 0 Å². The Morgan fingerprint density at radius 1 is 1.43 bits per heavy atom. The van der Waals surface area contributed by atoms with Gasteiger partial charge in [0.05, 0.1) is 19.1 Å². The molecule has 1 aliphatic carbocycles. The van der Waals surface area contributed by atoms with Crippen molar-refractivity contribution in [2.24, 2.45) is 0 Å². The predicted octanol–water partition coefficient (Wildman–Crippen LogP) is 1.76. The number of aliphatic carboxylic acids is 1. The van der Waals surface area contributed by atoms with Gasteiger partial charge in [-0.1, -0.05) is 11.6 Å². The maximum Gasteiger partial charge on any atom is 0.317 e. The number of hydrogen-bond acceptors (Lipinski definition) is 3. The van der Waals surface area contributed by atoms with E-state index in [4.69, 9.17) is 9.84 Å². The SMILES string of the molecule is O=C(O)CC1CN(C(=O)NCCC2=CCCCC2)CCO1. The molecule has 6 nitrogen and oxygen atoms in total. The maximum absolute atomic E-state index is 12.1. The minimum Gasteiger partial charge on any atom is -0.481 e. The lowest BCUT2D eigenvalue weighted by molar-refractivity contribution is -0.141. The Morgan fingerprint density at radius 3 is 3.00 bits per heavy atom. The average molecular weight is 296 g/mol. The Balaban J connectivity index is 1.69. The summed E-state index contributed by atoms with van der Waals surface area (Å²) >= 11 is 0. The first-order valence-corrected chi connectivity index (χ1v) is 7.69. The van der Waals surface area contributed by atoms with Crippen LogP contribution in [0.3, 0.4) is 0 Å². The number of morpholine rings is 1. The van der Waals surface area contributed by atoms with Crippen LogP contribution in [0, 0.1) is 0 Å². The number of carboxylic acids is 1. The van der Waals surface area contributed by atoms with Crippen molar-refractivity contribution in [1.29, 1.82) is 0 Å². The van der Waals surface area contributed by atoms with Crippen molar-refractivity contribution in [1.82, 2.24) is 10.2 Å². The fourth-order valence-corrected chi connectivity index (χ4v) is 2.80. The van der Waals surface area contributed by atoms with Crippen molar-refractivity contribution in [3.05, 3.63) is 11.6 Å². The molecule has 6 heteroatoms. The molecule has 0 saturated carbocycles. The zero-order valence-corrected chi connectivity index (χ0v) is 12.3. The number of rotatable bonds is 5. The van der Waals surface area contributed by atoms with Crippen LogP contribution in [0.2, 0.25) is 0 Å². The zero-order chi connectivity index (χ0) is 15.1. The molecule has 1 fully saturated rings. The Hall–Kier alpha value is -1.56. The number of carbonyl (C=O) groups is 2. The molecule has 1 aliphatic heterocycles. The number of amides is 2. The summed E-state index contributed by atoms with van der Waals surface area (Å²) in [5.41, 5.74) is 1.44. The van der Waals surface area contributed by atoms with E-state index in [1.54, 1.807) is 4.90 Å². The number of nitrogens with zero attached hydrogens (tertiary/aromatic N) is 1. The van der Waals surface area contributed by atoms with Crippen molar-refractivity contribution < 1.29 is 19.4 Å². The number of urea groups is 1. The third-order valence-electron chi connectivity index (χ3n) is 3.94. The molecule has 1 heterocycles. The summed E-state index contributed by atoms with van der Waals surface area (Å²) in [6.07, 6.45) is 7.56. The molecule has 1 saturated heterocycles. The lowest BCUT2D eigenvalue weighted by atomic mass is 9.97. The highest BCUT2D eigenvalue weighted by Crippen LogP contribution is 2.19. The quantitative estimate of drug-likeness (QED) is 0.758. The van der Waals surface area contributed by atoms with E-state index in [1.165, 1.54) is 18.4 Å². The van der Waals surface area contributed by atoms with E-state index in [2.05, 4.69) is 11.4 Å². The summed E-state index contributed by atoms with van der Waals surface area (Å²) in [5.74, 6) is -0.897. The largest absolute Gasteiger partial charge is 0.481 e. The summed E-state index contributed by atoms with van der Waals surface area (Å²) < 4.78 is 5.36. The summed E-state index contributed by atoms with van der Waals surface area (Å²) in [4.78, 5) is 24.4. The fourth-order valence-electron chi connectivity index (χ4n) is 2.80. The van der Waals surface area contributed by atoms with Crippen molar-refractivity contribution in [3.63, 3.8) is 0 Å². The van der Waals surface area contributed by atoms with E-state index in [0.29, 0.717) is 26.2 Å². The van der Waals surface area contributed by atoms with Gasteiger partial charge in [0, 0.05) is 19.6 Å². The molecule has 0 aromatic rings. The Morgan fingerprint density at radius 2 is 2.29 bits per heavy atom. The number of carbonyl (C=O) groups excluding carboxylic acids is 1. The van der Waals surface area contributed by atoms with Gasteiger partial charge < -0.3 is 20.1 Å². The van der Waals surface area contributed by atoms with Crippen LogP contribution in [0.15, 0.2) is 11.6 Å².